The predicted octanol–water partition coefficient (Wildman–Crippen LogP) is 1.40. The predicted molar refractivity (Wildman–Crippen MR) is 70.9 cm³/mol. The molecule has 0 aromatic heterocycles. The third-order valence-electron chi connectivity index (χ3n) is 3.45. The molecule has 1 unspecified atom stereocenters. The Kier molecular flexibility index (Phi) is 7.01. The van der Waals surface area contributed by atoms with Gasteiger partial charge in [0.15, 0.2) is 0 Å². The normalized spacial score (nSPS) is 21.9. The summed E-state index contributed by atoms with van der Waals surface area (Å²) in [5.74, 6) is 0. The Hall–Kier alpha value is -0.120. The minimum Gasteiger partial charge on any atom is -0.313 e. The zero-order valence-electron chi connectivity index (χ0n) is 11.3. The summed E-state index contributed by atoms with van der Waals surface area (Å²) < 4.78 is 0. The van der Waals surface area contributed by atoms with Crippen molar-refractivity contribution in [2.75, 3.05) is 46.3 Å². The molecule has 1 N–H and O–H groups in total. The fourth-order valence-electron chi connectivity index (χ4n) is 2.33. The second-order valence-electron chi connectivity index (χ2n) is 5.14. The topological polar surface area (TPSA) is 18.5 Å². The highest BCUT2D eigenvalue weighted by Gasteiger charge is 2.11. The summed E-state index contributed by atoms with van der Waals surface area (Å²) in [6, 6.07) is 0.680. The van der Waals surface area contributed by atoms with Crippen LogP contribution in [0.5, 0.6) is 0 Å². The monoisotopic (exact) mass is 227 g/mol. The molecular weight excluding hydrogens is 198 g/mol. The van der Waals surface area contributed by atoms with Gasteiger partial charge in [-0.15, -0.1) is 0 Å². The van der Waals surface area contributed by atoms with E-state index in [1.165, 1.54) is 52.0 Å². The first-order valence-corrected chi connectivity index (χ1v) is 6.86. The molecule has 16 heavy (non-hydrogen) atoms. The van der Waals surface area contributed by atoms with Crippen molar-refractivity contribution in [3.8, 4) is 0 Å². The van der Waals surface area contributed by atoms with Crippen LogP contribution in [0.2, 0.25) is 0 Å². The van der Waals surface area contributed by atoms with E-state index in [4.69, 9.17) is 0 Å². The lowest BCUT2D eigenvalue weighted by Crippen LogP contribution is -2.37. The third-order valence-corrected chi connectivity index (χ3v) is 3.45. The first-order chi connectivity index (χ1) is 7.72. The smallest absolute Gasteiger partial charge is 0.0110 e. The van der Waals surface area contributed by atoms with E-state index in [1.54, 1.807) is 0 Å². The lowest BCUT2D eigenvalue weighted by Gasteiger charge is -2.21. The number of likely N-dealkylation sites (N-methyl/N-ethyl adjacent to an activating group) is 1. The maximum atomic E-state index is 3.61. The van der Waals surface area contributed by atoms with Crippen LogP contribution >= 0.6 is 0 Å². The summed E-state index contributed by atoms with van der Waals surface area (Å²) in [5.41, 5.74) is 0. The van der Waals surface area contributed by atoms with Crippen LogP contribution in [0.4, 0.5) is 0 Å². The molecule has 1 fully saturated rings. The summed E-state index contributed by atoms with van der Waals surface area (Å²) >= 11 is 0. The van der Waals surface area contributed by atoms with Crippen molar-refractivity contribution in [2.45, 2.75) is 39.2 Å². The Morgan fingerprint density at radius 1 is 1.19 bits per heavy atom. The Labute approximate surface area is 101 Å². The van der Waals surface area contributed by atoms with Crippen molar-refractivity contribution >= 4 is 0 Å². The number of nitrogens with one attached hydrogen (secondary N) is 1. The van der Waals surface area contributed by atoms with E-state index < -0.39 is 0 Å². The van der Waals surface area contributed by atoms with Crippen LogP contribution < -0.4 is 5.32 Å². The van der Waals surface area contributed by atoms with Gasteiger partial charge in [0, 0.05) is 32.2 Å². The molecule has 96 valence electrons. The summed E-state index contributed by atoms with van der Waals surface area (Å²) in [5, 5.41) is 3.61. The molecule has 0 saturated carbocycles. The Morgan fingerprint density at radius 3 is 2.75 bits per heavy atom. The van der Waals surface area contributed by atoms with Crippen LogP contribution in [0.3, 0.4) is 0 Å². The summed E-state index contributed by atoms with van der Waals surface area (Å²) in [6.45, 7) is 11.9. The second-order valence-corrected chi connectivity index (χ2v) is 5.14. The van der Waals surface area contributed by atoms with E-state index in [-0.39, 0.29) is 0 Å². The van der Waals surface area contributed by atoms with Gasteiger partial charge in [-0.2, -0.15) is 0 Å². The molecule has 0 aliphatic carbocycles. The van der Waals surface area contributed by atoms with Crippen molar-refractivity contribution in [1.82, 2.24) is 15.1 Å². The molecular formula is C13H29N3. The zero-order valence-corrected chi connectivity index (χ0v) is 11.3. The lowest BCUT2D eigenvalue weighted by molar-refractivity contribution is 0.271. The molecule has 0 amide bonds. The minimum absolute atomic E-state index is 0.680. The van der Waals surface area contributed by atoms with Gasteiger partial charge in [0.05, 0.1) is 0 Å². The second kappa shape index (κ2) is 8.04. The van der Waals surface area contributed by atoms with E-state index in [0.717, 1.165) is 6.54 Å². The number of rotatable bonds is 6. The third kappa shape index (κ3) is 5.83. The van der Waals surface area contributed by atoms with E-state index in [9.17, 15) is 0 Å². The first kappa shape index (κ1) is 13.9. The Balaban J connectivity index is 2.07. The lowest BCUT2D eigenvalue weighted by atomic mass is 10.2. The fraction of sp³-hybridized carbons (Fsp3) is 1.00. The molecule has 0 aromatic rings. The van der Waals surface area contributed by atoms with Crippen molar-refractivity contribution in [3.05, 3.63) is 0 Å². The highest BCUT2D eigenvalue weighted by Crippen LogP contribution is 2.00. The largest absolute Gasteiger partial charge is 0.313 e. The molecule has 1 aliphatic heterocycles. The number of hydrogen-bond donors (Lipinski definition) is 1. The molecule has 1 atom stereocenters. The maximum Gasteiger partial charge on any atom is 0.0110 e. The molecule has 3 heteroatoms. The molecule has 0 aromatic carbocycles. The highest BCUT2D eigenvalue weighted by molar-refractivity contribution is 4.69. The van der Waals surface area contributed by atoms with Gasteiger partial charge in [0.1, 0.15) is 0 Å². The maximum absolute atomic E-state index is 3.61. The SMILES string of the molecule is CCCC(C)NCCN1CCCN(C)CC1. The van der Waals surface area contributed by atoms with Crippen LogP contribution in [0, 0.1) is 0 Å². The van der Waals surface area contributed by atoms with Gasteiger partial charge in [-0.25, -0.2) is 0 Å². The Morgan fingerprint density at radius 2 is 2.00 bits per heavy atom. The van der Waals surface area contributed by atoms with Gasteiger partial charge < -0.3 is 15.1 Å². The zero-order chi connectivity index (χ0) is 11.8. The van der Waals surface area contributed by atoms with Crippen LogP contribution in [-0.2, 0) is 0 Å². The standard InChI is InChI=1S/C13H29N3/c1-4-6-13(2)14-7-10-16-9-5-8-15(3)11-12-16/h13-14H,4-12H2,1-3H3. The molecule has 1 saturated heterocycles. The van der Waals surface area contributed by atoms with E-state index >= 15 is 0 Å². The van der Waals surface area contributed by atoms with E-state index in [0.29, 0.717) is 6.04 Å². The molecule has 0 bridgehead atoms. The van der Waals surface area contributed by atoms with Crippen molar-refractivity contribution < 1.29 is 0 Å². The minimum atomic E-state index is 0.680. The quantitative estimate of drug-likeness (QED) is 0.740. The molecule has 1 rings (SSSR count). The van der Waals surface area contributed by atoms with Crippen LogP contribution in [-0.4, -0.2) is 62.2 Å². The van der Waals surface area contributed by atoms with Crippen molar-refractivity contribution in [1.29, 1.82) is 0 Å². The molecule has 1 heterocycles. The molecule has 1 aliphatic rings. The fourth-order valence-corrected chi connectivity index (χ4v) is 2.33. The summed E-state index contributed by atoms with van der Waals surface area (Å²) in [4.78, 5) is 5.03. The Bertz CT molecular complexity index is 173. The summed E-state index contributed by atoms with van der Waals surface area (Å²) in [6.07, 6.45) is 3.90. The van der Waals surface area contributed by atoms with Gasteiger partial charge in [0.2, 0.25) is 0 Å². The molecule has 3 nitrogen and oxygen atoms in total. The molecule has 0 radical (unpaired) electrons. The number of hydrogen-bond acceptors (Lipinski definition) is 3. The van der Waals surface area contributed by atoms with Gasteiger partial charge in [-0.3, -0.25) is 0 Å². The average molecular weight is 227 g/mol. The van der Waals surface area contributed by atoms with Gasteiger partial charge in [-0.05, 0) is 39.9 Å². The van der Waals surface area contributed by atoms with Crippen molar-refractivity contribution in [2.24, 2.45) is 0 Å². The van der Waals surface area contributed by atoms with Crippen molar-refractivity contribution in [3.63, 3.8) is 0 Å². The van der Waals surface area contributed by atoms with Gasteiger partial charge in [0.25, 0.3) is 0 Å². The first-order valence-electron chi connectivity index (χ1n) is 6.86. The van der Waals surface area contributed by atoms with Crippen LogP contribution in [0.15, 0.2) is 0 Å². The highest BCUT2D eigenvalue weighted by atomic mass is 15.2. The van der Waals surface area contributed by atoms with Crippen LogP contribution in [0.25, 0.3) is 0 Å². The van der Waals surface area contributed by atoms with E-state index in [2.05, 4.69) is 36.0 Å². The van der Waals surface area contributed by atoms with E-state index in [1.807, 2.05) is 0 Å². The summed E-state index contributed by atoms with van der Waals surface area (Å²) in [7, 11) is 2.23. The molecule has 0 spiro atoms. The van der Waals surface area contributed by atoms with Gasteiger partial charge >= 0.3 is 0 Å². The average Bonchev–Trinajstić information content (AvgIpc) is 2.44. The van der Waals surface area contributed by atoms with Gasteiger partial charge in [-0.1, -0.05) is 13.3 Å². The number of nitrogens with zero attached hydrogens (tertiary/aromatic N) is 2. The van der Waals surface area contributed by atoms with Crippen LogP contribution in [0.1, 0.15) is 33.1 Å².